The molecule has 0 bridgehead atoms. The van der Waals surface area contributed by atoms with Gasteiger partial charge in [0.2, 0.25) is 0 Å². The SMILES string of the molecule is CCCCC(C)(N)c1cccc(C)c1. The number of nitrogens with two attached hydrogens (primary N) is 1. The molecule has 0 fully saturated rings. The summed E-state index contributed by atoms with van der Waals surface area (Å²) in [4.78, 5) is 0. The fourth-order valence-corrected chi connectivity index (χ4v) is 1.69. The lowest BCUT2D eigenvalue weighted by Gasteiger charge is -2.25. The second-order valence-corrected chi connectivity index (χ2v) is 4.39. The Labute approximate surface area is 87.3 Å². The van der Waals surface area contributed by atoms with Crippen LogP contribution >= 0.6 is 0 Å². The third-order valence-corrected chi connectivity index (χ3v) is 2.73. The smallest absolute Gasteiger partial charge is 0.0381 e. The van der Waals surface area contributed by atoms with Gasteiger partial charge in [-0.15, -0.1) is 0 Å². The first-order valence-electron chi connectivity index (χ1n) is 5.42. The van der Waals surface area contributed by atoms with E-state index >= 15 is 0 Å². The molecule has 1 heteroatoms. The minimum Gasteiger partial charge on any atom is -0.322 e. The highest BCUT2D eigenvalue weighted by molar-refractivity contribution is 5.27. The molecular weight excluding hydrogens is 170 g/mol. The van der Waals surface area contributed by atoms with Crippen LogP contribution in [0.15, 0.2) is 24.3 Å². The van der Waals surface area contributed by atoms with Gasteiger partial charge in [-0.3, -0.25) is 0 Å². The Balaban J connectivity index is 2.80. The lowest BCUT2D eigenvalue weighted by Crippen LogP contribution is -2.32. The van der Waals surface area contributed by atoms with Crippen molar-refractivity contribution in [2.24, 2.45) is 5.73 Å². The average molecular weight is 191 g/mol. The van der Waals surface area contributed by atoms with Crippen molar-refractivity contribution in [3.63, 3.8) is 0 Å². The van der Waals surface area contributed by atoms with Crippen molar-refractivity contribution in [3.8, 4) is 0 Å². The summed E-state index contributed by atoms with van der Waals surface area (Å²) in [5, 5.41) is 0. The molecular formula is C13H21N. The summed E-state index contributed by atoms with van der Waals surface area (Å²) >= 11 is 0. The summed E-state index contributed by atoms with van der Waals surface area (Å²) < 4.78 is 0. The number of benzene rings is 1. The van der Waals surface area contributed by atoms with E-state index in [-0.39, 0.29) is 5.54 Å². The Morgan fingerprint density at radius 2 is 2.07 bits per heavy atom. The Kier molecular flexibility index (Phi) is 3.70. The predicted molar refractivity (Wildman–Crippen MR) is 62.2 cm³/mol. The maximum Gasteiger partial charge on any atom is 0.0381 e. The maximum absolute atomic E-state index is 6.29. The van der Waals surface area contributed by atoms with E-state index in [1.165, 1.54) is 24.0 Å². The lowest BCUT2D eigenvalue weighted by atomic mass is 9.87. The minimum absolute atomic E-state index is 0.165. The number of aryl methyl sites for hydroxylation is 1. The monoisotopic (exact) mass is 191 g/mol. The molecule has 1 nitrogen and oxygen atoms in total. The molecule has 1 rings (SSSR count). The van der Waals surface area contributed by atoms with Gasteiger partial charge in [0, 0.05) is 5.54 Å². The first-order chi connectivity index (χ1) is 6.56. The van der Waals surface area contributed by atoms with Gasteiger partial charge in [-0.2, -0.15) is 0 Å². The zero-order valence-electron chi connectivity index (χ0n) is 9.51. The first-order valence-corrected chi connectivity index (χ1v) is 5.42. The van der Waals surface area contributed by atoms with Crippen LogP contribution in [0.1, 0.15) is 44.2 Å². The normalized spacial score (nSPS) is 15.1. The topological polar surface area (TPSA) is 26.0 Å². The summed E-state index contributed by atoms with van der Waals surface area (Å²) in [6.45, 7) is 6.43. The second kappa shape index (κ2) is 4.61. The molecule has 0 aliphatic heterocycles. The molecule has 0 aliphatic rings. The van der Waals surface area contributed by atoms with Crippen molar-refractivity contribution in [3.05, 3.63) is 35.4 Å². The molecule has 0 radical (unpaired) electrons. The fourth-order valence-electron chi connectivity index (χ4n) is 1.69. The van der Waals surface area contributed by atoms with E-state index < -0.39 is 0 Å². The molecule has 0 amide bonds. The van der Waals surface area contributed by atoms with Crippen molar-refractivity contribution in [2.45, 2.75) is 45.6 Å². The number of unbranched alkanes of at least 4 members (excludes halogenated alkanes) is 1. The van der Waals surface area contributed by atoms with Gasteiger partial charge in [0.15, 0.2) is 0 Å². The molecule has 1 aromatic rings. The van der Waals surface area contributed by atoms with E-state index in [9.17, 15) is 0 Å². The molecule has 78 valence electrons. The standard InChI is InChI=1S/C13H21N/c1-4-5-9-13(3,14)12-8-6-7-11(2)10-12/h6-8,10H,4-5,9,14H2,1-3H3. The molecule has 2 N–H and O–H groups in total. The molecule has 1 atom stereocenters. The Morgan fingerprint density at radius 1 is 1.36 bits per heavy atom. The highest BCUT2D eigenvalue weighted by Crippen LogP contribution is 2.24. The average Bonchev–Trinajstić information content (AvgIpc) is 2.15. The van der Waals surface area contributed by atoms with Crippen molar-refractivity contribution in [1.82, 2.24) is 0 Å². The van der Waals surface area contributed by atoms with Crippen LogP contribution in [0.4, 0.5) is 0 Å². The molecule has 0 saturated heterocycles. The van der Waals surface area contributed by atoms with E-state index in [0.717, 1.165) is 6.42 Å². The lowest BCUT2D eigenvalue weighted by molar-refractivity contribution is 0.433. The number of hydrogen-bond acceptors (Lipinski definition) is 1. The third kappa shape index (κ3) is 2.85. The van der Waals surface area contributed by atoms with Crippen LogP contribution in [0.25, 0.3) is 0 Å². The third-order valence-electron chi connectivity index (χ3n) is 2.73. The Morgan fingerprint density at radius 3 is 2.64 bits per heavy atom. The second-order valence-electron chi connectivity index (χ2n) is 4.39. The Hall–Kier alpha value is -0.820. The van der Waals surface area contributed by atoms with E-state index in [0.29, 0.717) is 0 Å². The van der Waals surface area contributed by atoms with Gasteiger partial charge in [-0.05, 0) is 25.8 Å². The van der Waals surface area contributed by atoms with Crippen molar-refractivity contribution in [1.29, 1.82) is 0 Å². The van der Waals surface area contributed by atoms with Gasteiger partial charge in [-0.1, -0.05) is 49.6 Å². The van der Waals surface area contributed by atoms with Crippen molar-refractivity contribution < 1.29 is 0 Å². The first kappa shape index (κ1) is 11.3. The summed E-state index contributed by atoms with van der Waals surface area (Å²) in [6.07, 6.45) is 3.46. The van der Waals surface area contributed by atoms with Crippen molar-refractivity contribution in [2.75, 3.05) is 0 Å². The molecule has 0 heterocycles. The van der Waals surface area contributed by atoms with E-state index in [2.05, 4.69) is 45.0 Å². The summed E-state index contributed by atoms with van der Waals surface area (Å²) in [6, 6.07) is 8.51. The van der Waals surface area contributed by atoms with Gasteiger partial charge in [0.25, 0.3) is 0 Å². The predicted octanol–water partition coefficient (Wildman–Crippen LogP) is 3.36. The number of rotatable bonds is 4. The summed E-state index contributed by atoms with van der Waals surface area (Å²) in [7, 11) is 0. The highest BCUT2D eigenvalue weighted by atomic mass is 14.7. The van der Waals surface area contributed by atoms with Crippen molar-refractivity contribution >= 4 is 0 Å². The summed E-state index contributed by atoms with van der Waals surface area (Å²) in [5.41, 5.74) is 8.67. The largest absolute Gasteiger partial charge is 0.322 e. The van der Waals surface area contributed by atoms with E-state index in [1.807, 2.05) is 0 Å². The van der Waals surface area contributed by atoms with Gasteiger partial charge >= 0.3 is 0 Å². The van der Waals surface area contributed by atoms with Crippen LogP contribution in [0.3, 0.4) is 0 Å². The summed E-state index contributed by atoms with van der Waals surface area (Å²) in [5.74, 6) is 0. The van der Waals surface area contributed by atoms with Crippen LogP contribution in [0.2, 0.25) is 0 Å². The molecule has 0 aliphatic carbocycles. The van der Waals surface area contributed by atoms with Crippen LogP contribution in [-0.2, 0) is 5.54 Å². The van der Waals surface area contributed by atoms with Gasteiger partial charge in [0.05, 0.1) is 0 Å². The molecule has 1 unspecified atom stereocenters. The van der Waals surface area contributed by atoms with Crippen LogP contribution < -0.4 is 5.73 Å². The van der Waals surface area contributed by atoms with E-state index in [4.69, 9.17) is 5.73 Å². The van der Waals surface area contributed by atoms with E-state index in [1.54, 1.807) is 0 Å². The molecule has 0 spiro atoms. The molecule has 0 saturated carbocycles. The Bertz CT molecular complexity index is 289. The quantitative estimate of drug-likeness (QED) is 0.776. The molecule has 0 aromatic heterocycles. The maximum atomic E-state index is 6.29. The highest BCUT2D eigenvalue weighted by Gasteiger charge is 2.19. The molecule has 1 aromatic carbocycles. The zero-order valence-corrected chi connectivity index (χ0v) is 9.51. The zero-order chi connectivity index (χ0) is 10.6. The molecule has 14 heavy (non-hydrogen) atoms. The van der Waals surface area contributed by atoms with Gasteiger partial charge in [-0.25, -0.2) is 0 Å². The van der Waals surface area contributed by atoms with Crippen LogP contribution in [0.5, 0.6) is 0 Å². The van der Waals surface area contributed by atoms with Crippen LogP contribution in [0, 0.1) is 6.92 Å². The fraction of sp³-hybridized carbons (Fsp3) is 0.538. The minimum atomic E-state index is -0.165. The van der Waals surface area contributed by atoms with Gasteiger partial charge in [0.1, 0.15) is 0 Å². The van der Waals surface area contributed by atoms with Crippen LogP contribution in [-0.4, -0.2) is 0 Å². The van der Waals surface area contributed by atoms with Gasteiger partial charge < -0.3 is 5.73 Å². The number of hydrogen-bond donors (Lipinski definition) is 1.